The summed E-state index contributed by atoms with van der Waals surface area (Å²) in [5.74, 6) is 0.391. The highest BCUT2D eigenvalue weighted by Gasteiger charge is 2.50. The molecule has 0 radical (unpaired) electrons. The average molecular weight is 948 g/mol. The molecular formula is C68H78BN3. The van der Waals surface area contributed by atoms with Gasteiger partial charge >= 0.3 is 0 Å². The summed E-state index contributed by atoms with van der Waals surface area (Å²) in [6.45, 7) is 41.1. The molecule has 0 atom stereocenters. The Morgan fingerprint density at radius 2 is 1.00 bits per heavy atom. The van der Waals surface area contributed by atoms with Crippen molar-refractivity contribution in [1.29, 1.82) is 0 Å². The molecule has 72 heavy (non-hydrogen) atoms. The van der Waals surface area contributed by atoms with Gasteiger partial charge in [-0.3, -0.25) is 0 Å². The fraction of sp³-hybridized carbons (Fsp3) is 0.382. The molecular weight excluding hydrogens is 870 g/mol. The predicted molar refractivity (Wildman–Crippen MR) is 313 cm³/mol. The number of nitrogens with zero attached hydrogens (tertiary/aromatic N) is 3. The van der Waals surface area contributed by atoms with Crippen LogP contribution in [0, 0.1) is 6.92 Å². The molecule has 3 nitrogen and oxygen atoms in total. The molecule has 0 amide bonds. The van der Waals surface area contributed by atoms with E-state index in [1.54, 1.807) is 0 Å². The van der Waals surface area contributed by atoms with E-state index in [1.807, 2.05) is 0 Å². The van der Waals surface area contributed by atoms with Crippen molar-refractivity contribution in [2.24, 2.45) is 0 Å². The van der Waals surface area contributed by atoms with Crippen LogP contribution in [0.1, 0.15) is 174 Å². The molecule has 2 aliphatic carbocycles. The van der Waals surface area contributed by atoms with Crippen LogP contribution in [0.4, 0.5) is 51.2 Å². The molecule has 0 N–H and O–H groups in total. The summed E-state index contributed by atoms with van der Waals surface area (Å²) < 4.78 is 0. The molecule has 0 aromatic heterocycles. The quantitative estimate of drug-likeness (QED) is 0.154. The highest BCUT2D eigenvalue weighted by atomic mass is 15.2. The lowest BCUT2D eigenvalue weighted by Gasteiger charge is -2.46. The summed E-state index contributed by atoms with van der Waals surface area (Å²) in [6.07, 6.45) is 2.23. The molecule has 0 spiro atoms. The first-order chi connectivity index (χ1) is 33.7. The number of para-hydroxylation sites is 2. The largest absolute Gasteiger partial charge is 0.311 e. The summed E-state index contributed by atoms with van der Waals surface area (Å²) in [7, 11) is 0. The third kappa shape index (κ3) is 7.50. The van der Waals surface area contributed by atoms with Gasteiger partial charge in [0.2, 0.25) is 0 Å². The second-order valence-electron chi connectivity index (χ2n) is 27.2. The third-order valence-electron chi connectivity index (χ3n) is 17.3. The Balaban J connectivity index is 1.33. The SMILES string of the molecule is Cc1cc(C(C)C)c(C(C)(C)C)cc1N1c2cc3c(cc2B2c4cc(C(C)(C)C)ccc4N(c4ccc5c(c4)C(C)(C)CC5(C)C)c4cc(N(c5ccccc5)c5ccccc5)cc1c42)C(C)(C)CC3(C)C. The lowest BCUT2D eigenvalue weighted by molar-refractivity contribution is 0.403. The van der Waals surface area contributed by atoms with Crippen LogP contribution in [0.5, 0.6) is 0 Å². The zero-order chi connectivity index (χ0) is 51.4. The highest BCUT2D eigenvalue weighted by molar-refractivity contribution is 7.00. The van der Waals surface area contributed by atoms with E-state index in [9.17, 15) is 0 Å². The molecule has 7 aromatic rings. The van der Waals surface area contributed by atoms with E-state index < -0.39 is 0 Å². The van der Waals surface area contributed by atoms with Gasteiger partial charge in [-0.25, -0.2) is 0 Å². The zero-order valence-electron chi connectivity index (χ0n) is 46.6. The first kappa shape index (κ1) is 48.3. The van der Waals surface area contributed by atoms with Crippen molar-refractivity contribution in [2.45, 2.75) is 169 Å². The van der Waals surface area contributed by atoms with E-state index in [2.05, 4.69) is 266 Å². The van der Waals surface area contributed by atoms with Crippen LogP contribution in [0.25, 0.3) is 0 Å². The summed E-state index contributed by atoms with van der Waals surface area (Å²) in [5, 5.41) is 0. The topological polar surface area (TPSA) is 9.72 Å². The lowest BCUT2D eigenvalue weighted by atomic mass is 9.33. The fourth-order valence-corrected chi connectivity index (χ4v) is 14.4. The van der Waals surface area contributed by atoms with Crippen LogP contribution < -0.4 is 31.1 Å². The first-order valence-electron chi connectivity index (χ1n) is 27.0. The number of fused-ring (bicyclic) bond motifs is 6. The minimum atomic E-state index is -0.0686. The number of aryl methyl sites for hydroxylation is 1. The van der Waals surface area contributed by atoms with Gasteiger partial charge in [-0.05, 0) is 186 Å². The molecule has 4 aliphatic rings. The molecule has 0 saturated heterocycles. The summed E-state index contributed by atoms with van der Waals surface area (Å²) in [4.78, 5) is 7.87. The second-order valence-corrected chi connectivity index (χ2v) is 27.2. The van der Waals surface area contributed by atoms with Gasteiger partial charge in [0, 0.05) is 45.5 Å². The Kier molecular flexibility index (Phi) is 10.7. The molecule has 2 aliphatic heterocycles. The molecule has 0 unspecified atom stereocenters. The van der Waals surface area contributed by atoms with Crippen LogP contribution in [0.3, 0.4) is 0 Å². The van der Waals surface area contributed by atoms with E-state index in [-0.39, 0.29) is 39.2 Å². The molecule has 0 bridgehead atoms. The first-order valence-corrected chi connectivity index (χ1v) is 27.0. The summed E-state index contributed by atoms with van der Waals surface area (Å²) in [6, 6.07) is 52.5. The third-order valence-corrected chi connectivity index (χ3v) is 17.3. The number of rotatable bonds is 6. The standard InChI is InChI=1S/C68H78BN3/c1-42(2)49-32-43(3)58(38-51(49)64(7,8)9)72-59-39-54-53(67(14,15)41-68(54,16)17)37-56(59)69-55-33-44(63(4,5)6)28-31-57(55)71(47-29-30-50-52(34-47)66(12,13)40-65(50,10)11)60-35-48(36-61(72)62(60)69)70(45-24-20-18-21-25-45)46-26-22-19-23-27-46/h18-39,42H,40-41H2,1-17H3. The maximum Gasteiger partial charge on any atom is 0.252 e. The van der Waals surface area contributed by atoms with Crippen molar-refractivity contribution < 1.29 is 0 Å². The number of benzene rings is 7. The Morgan fingerprint density at radius 3 is 1.56 bits per heavy atom. The van der Waals surface area contributed by atoms with Crippen molar-refractivity contribution in [2.75, 3.05) is 14.7 Å². The van der Waals surface area contributed by atoms with Crippen LogP contribution in [-0.2, 0) is 32.5 Å². The van der Waals surface area contributed by atoms with Gasteiger partial charge in [-0.15, -0.1) is 0 Å². The normalized spacial score (nSPS) is 17.6. The average Bonchev–Trinajstić information content (AvgIpc) is 3.61. The second kappa shape index (κ2) is 16.0. The molecule has 0 saturated carbocycles. The maximum atomic E-state index is 2.73. The van der Waals surface area contributed by atoms with Crippen molar-refractivity contribution in [3.63, 3.8) is 0 Å². The van der Waals surface area contributed by atoms with Crippen molar-refractivity contribution in [3.8, 4) is 0 Å². The summed E-state index contributed by atoms with van der Waals surface area (Å²) in [5.41, 5.74) is 26.5. The van der Waals surface area contributed by atoms with Gasteiger partial charge in [0.05, 0.1) is 5.69 Å². The van der Waals surface area contributed by atoms with E-state index in [1.165, 1.54) is 95.0 Å². The minimum Gasteiger partial charge on any atom is -0.311 e. The van der Waals surface area contributed by atoms with Gasteiger partial charge in [-0.2, -0.15) is 0 Å². The summed E-state index contributed by atoms with van der Waals surface area (Å²) >= 11 is 0. The van der Waals surface area contributed by atoms with Gasteiger partial charge in [0.15, 0.2) is 0 Å². The van der Waals surface area contributed by atoms with Crippen LogP contribution in [-0.4, -0.2) is 6.71 Å². The Hall–Kier alpha value is -6.00. The van der Waals surface area contributed by atoms with E-state index in [0.717, 1.165) is 29.9 Å². The number of hydrogen-bond donors (Lipinski definition) is 0. The molecule has 7 aromatic carbocycles. The van der Waals surface area contributed by atoms with Crippen molar-refractivity contribution >= 4 is 74.3 Å². The number of anilines is 9. The van der Waals surface area contributed by atoms with Gasteiger partial charge in [-0.1, -0.05) is 178 Å². The predicted octanol–water partition coefficient (Wildman–Crippen LogP) is 17.2. The fourth-order valence-electron chi connectivity index (χ4n) is 14.4. The monoisotopic (exact) mass is 948 g/mol. The van der Waals surface area contributed by atoms with Crippen LogP contribution >= 0.6 is 0 Å². The Labute approximate surface area is 433 Å². The van der Waals surface area contributed by atoms with Crippen molar-refractivity contribution in [3.05, 3.63) is 178 Å². The number of hydrogen-bond acceptors (Lipinski definition) is 3. The van der Waals surface area contributed by atoms with Crippen LogP contribution in [0.2, 0.25) is 0 Å². The molecule has 11 rings (SSSR count). The highest BCUT2D eigenvalue weighted by Crippen LogP contribution is 2.56. The van der Waals surface area contributed by atoms with Crippen molar-refractivity contribution in [1.82, 2.24) is 0 Å². The zero-order valence-corrected chi connectivity index (χ0v) is 46.6. The maximum absolute atomic E-state index is 2.73. The Bertz CT molecular complexity index is 3280. The molecule has 4 heteroatoms. The Morgan fingerprint density at radius 1 is 0.472 bits per heavy atom. The van der Waals surface area contributed by atoms with Gasteiger partial charge in [0.25, 0.3) is 6.71 Å². The smallest absolute Gasteiger partial charge is 0.252 e. The van der Waals surface area contributed by atoms with E-state index in [4.69, 9.17) is 0 Å². The van der Waals surface area contributed by atoms with E-state index in [0.29, 0.717) is 5.92 Å². The van der Waals surface area contributed by atoms with E-state index >= 15 is 0 Å². The van der Waals surface area contributed by atoms with Gasteiger partial charge < -0.3 is 14.7 Å². The molecule has 2 heterocycles. The van der Waals surface area contributed by atoms with Gasteiger partial charge in [0.1, 0.15) is 0 Å². The van der Waals surface area contributed by atoms with Crippen LogP contribution in [0.15, 0.2) is 133 Å². The molecule has 368 valence electrons. The minimum absolute atomic E-state index is 0.00788. The lowest BCUT2D eigenvalue weighted by Crippen LogP contribution is -2.61. The molecule has 0 fully saturated rings.